The molecule has 10 nitrogen and oxygen atoms in total. The molecule has 0 amide bonds. The minimum atomic E-state index is -0.764. The third-order valence-corrected chi connectivity index (χ3v) is 10.8. The van der Waals surface area contributed by atoms with Gasteiger partial charge in [0.1, 0.15) is 35.6 Å². The maximum Gasteiger partial charge on any atom is 0.312 e. The molecule has 258 valence electrons. The summed E-state index contributed by atoms with van der Waals surface area (Å²) >= 11 is 0. The monoisotopic (exact) mass is 648 g/mol. The zero-order valence-electron chi connectivity index (χ0n) is 30.7. The Morgan fingerprint density at radius 2 is 1.53 bits per heavy atom. The number of carbonyl (C=O) groups excluding carboxylic acids is 2. The minimum Gasteiger partial charge on any atom is -0.469 e. The first-order valence-electron chi connectivity index (χ1n) is 16.6. The van der Waals surface area contributed by atoms with Gasteiger partial charge >= 0.3 is 11.9 Å². The molecular formula is C37H56N6O4. The van der Waals surface area contributed by atoms with E-state index in [4.69, 9.17) is 14.7 Å². The first-order chi connectivity index (χ1) is 21.9. The molecule has 2 aromatic heterocycles. The SMILES string of the molecule is CCC(C)(C)CC(C)(C(=O)OCCN(C)c1ccc(/N=N/c2ccc(C#N)nc2)cn1)C(C)C(C)CC(C)(C(=O)OC)C(C)(C)CC. The van der Waals surface area contributed by atoms with Gasteiger partial charge in [0.25, 0.3) is 0 Å². The predicted octanol–water partition coefficient (Wildman–Crippen LogP) is 8.85. The number of hydrogen-bond donors (Lipinski definition) is 0. The third kappa shape index (κ3) is 9.82. The molecule has 0 aromatic carbocycles. The van der Waals surface area contributed by atoms with Crippen LogP contribution in [-0.2, 0) is 19.1 Å². The van der Waals surface area contributed by atoms with Crippen molar-refractivity contribution in [3.05, 3.63) is 42.4 Å². The number of methoxy groups -OCH3 is 1. The number of nitriles is 1. The average Bonchev–Trinajstić information content (AvgIpc) is 3.06. The maximum absolute atomic E-state index is 14.0. The zero-order chi connectivity index (χ0) is 35.6. The molecule has 2 aromatic rings. The first kappa shape index (κ1) is 39.3. The van der Waals surface area contributed by atoms with E-state index < -0.39 is 10.8 Å². The van der Waals surface area contributed by atoms with Crippen LogP contribution in [0, 0.1) is 44.8 Å². The average molecular weight is 649 g/mol. The molecule has 0 saturated carbocycles. The predicted molar refractivity (Wildman–Crippen MR) is 186 cm³/mol. The molecule has 47 heavy (non-hydrogen) atoms. The van der Waals surface area contributed by atoms with Crippen molar-refractivity contribution in [2.75, 3.05) is 32.2 Å². The Morgan fingerprint density at radius 3 is 2.00 bits per heavy atom. The van der Waals surface area contributed by atoms with Crippen LogP contribution >= 0.6 is 0 Å². The van der Waals surface area contributed by atoms with Crippen molar-refractivity contribution in [3.8, 4) is 6.07 Å². The van der Waals surface area contributed by atoms with E-state index in [1.165, 1.54) is 13.3 Å². The summed E-state index contributed by atoms with van der Waals surface area (Å²) in [5, 5.41) is 17.2. The van der Waals surface area contributed by atoms with E-state index in [1.54, 1.807) is 24.4 Å². The lowest BCUT2D eigenvalue weighted by atomic mass is 9.57. The normalized spacial score (nSPS) is 16.0. The lowest BCUT2D eigenvalue weighted by molar-refractivity contribution is -0.165. The van der Waals surface area contributed by atoms with E-state index in [1.807, 2.05) is 37.9 Å². The van der Waals surface area contributed by atoms with Gasteiger partial charge in [-0.05, 0) is 80.0 Å². The smallest absolute Gasteiger partial charge is 0.312 e. The number of likely N-dealkylation sites (N-methyl/N-ethyl adjacent to an activating group) is 1. The van der Waals surface area contributed by atoms with E-state index in [0.717, 1.165) is 12.8 Å². The van der Waals surface area contributed by atoms with Crippen LogP contribution in [0.3, 0.4) is 0 Å². The number of rotatable bonds is 17. The molecule has 0 spiro atoms. The summed E-state index contributed by atoms with van der Waals surface area (Å²) in [4.78, 5) is 37.6. The maximum atomic E-state index is 14.0. The molecule has 0 fully saturated rings. The summed E-state index contributed by atoms with van der Waals surface area (Å²) in [6.45, 7) is 21.8. The topological polar surface area (TPSA) is 130 Å². The van der Waals surface area contributed by atoms with Gasteiger partial charge in [0.05, 0.1) is 36.9 Å². The van der Waals surface area contributed by atoms with Gasteiger partial charge < -0.3 is 14.4 Å². The van der Waals surface area contributed by atoms with Crippen molar-refractivity contribution in [2.45, 2.75) is 94.9 Å². The van der Waals surface area contributed by atoms with Crippen molar-refractivity contribution in [1.29, 1.82) is 5.26 Å². The summed E-state index contributed by atoms with van der Waals surface area (Å²) in [5.41, 5.74) is -0.407. The fourth-order valence-corrected chi connectivity index (χ4v) is 6.08. The molecule has 0 bridgehead atoms. The number of anilines is 1. The Hall–Kier alpha value is -3.87. The Morgan fingerprint density at radius 1 is 0.936 bits per heavy atom. The highest BCUT2D eigenvalue weighted by Crippen LogP contribution is 2.51. The summed E-state index contributed by atoms with van der Waals surface area (Å²) in [5.74, 6) is 0.266. The number of carbonyl (C=O) groups is 2. The molecule has 0 aliphatic rings. The van der Waals surface area contributed by atoms with Crippen LogP contribution in [0.5, 0.6) is 0 Å². The van der Waals surface area contributed by atoms with Gasteiger partial charge in [-0.2, -0.15) is 5.26 Å². The second kappa shape index (κ2) is 16.3. The lowest BCUT2D eigenvalue weighted by Gasteiger charge is -2.47. The molecule has 4 atom stereocenters. The third-order valence-electron chi connectivity index (χ3n) is 10.8. The number of azo groups is 1. The van der Waals surface area contributed by atoms with Crippen LogP contribution in [0.25, 0.3) is 0 Å². The Bertz CT molecular complexity index is 1400. The van der Waals surface area contributed by atoms with Crippen molar-refractivity contribution < 1.29 is 19.1 Å². The van der Waals surface area contributed by atoms with E-state index in [2.05, 4.69) is 75.6 Å². The Labute approximate surface area is 282 Å². The molecule has 0 saturated heterocycles. The van der Waals surface area contributed by atoms with Gasteiger partial charge in [-0.1, -0.05) is 61.8 Å². The van der Waals surface area contributed by atoms with Crippen molar-refractivity contribution in [1.82, 2.24) is 9.97 Å². The highest BCUT2D eigenvalue weighted by atomic mass is 16.5. The van der Waals surface area contributed by atoms with E-state index >= 15 is 0 Å². The molecule has 4 unspecified atom stereocenters. The number of aromatic nitrogens is 2. The van der Waals surface area contributed by atoms with Crippen LogP contribution in [0.1, 0.15) is 101 Å². The second-order valence-corrected chi connectivity index (χ2v) is 14.8. The summed E-state index contributed by atoms with van der Waals surface area (Å²) in [6, 6.07) is 8.87. The zero-order valence-corrected chi connectivity index (χ0v) is 30.7. The van der Waals surface area contributed by atoms with Crippen LogP contribution in [0.2, 0.25) is 0 Å². The number of ether oxygens (including phenoxy) is 2. The van der Waals surface area contributed by atoms with E-state index in [0.29, 0.717) is 42.3 Å². The van der Waals surface area contributed by atoms with E-state index in [9.17, 15) is 9.59 Å². The summed E-state index contributed by atoms with van der Waals surface area (Å²) < 4.78 is 11.3. The van der Waals surface area contributed by atoms with Gasteiger partial charge in [-0.25, -0.2) is 9.97 Å². The van der Waals surface area contributed by atoms with Gasteiger partial charge in [-0.15, -0.1) is 10.2 Å². The molecule has 0 radical (unpaired) electrons. The van der Waals surface area contributed by atoms with Crippen LogP contribution in [0.15, 0.2) is 46.9 Å². The van der Waals surface area contributed by atoms with Gasteiger partial charge in [0.2, 0.25) is 0 Å². The largest absolute Gasteiger partial charge is 0.469 e. The molecule has 2 rings (SSSR count). The fourth-order valence-electron chi connectivity index (χ4n) is 6.08. The standard InChI is InChI=1S/C37H56N6O4/c1-13-34(5,6)25-36(9,27(4)26(3)21-37(10,33(45)46-12)35(7,8)14-2)32(44)47-20-19-43(11)31-18-17-30(24-40-31)42-41-29-16-15-28(22-38)39-23-29/h15-18,23-24,26-27H,13-14,19-21,25H2,1-12H3/b42-41+. The highest BCUT2D eigenvalue weighted by Gasteiger charge is 2.51. The second-order valence-electron chi connectivity index (χ2n) is 14.8. The molecule has 0 N–H and O–H groups in total. The van der Waals surface area contributed by atoms with Gasteiger partial charge in [0.15, 0.2) is 0 Å². The highest BCUT2D eigenvalue weighted by molar-refractivity contribution is 5.78. The number of hydrogen-bond acceptors (Lipinski definition) is 10. The number of pyridine rings is 2. The van der Waals surface area contributed by atoms with Crippen molar-refractivity contribution in [3.63, 3.8) is 0 Å². The molecule has 10 heteroatoms. The molecule has 0 aliphatic heterocycles. The Kier molecular flexibility index (Phi) is 13.6. The fraction of sp³-hybridized carbons (Fsp3) is 0.649. The lowest BCUT2D eigenvalue weighted by Crippen LogP contribution is -2.47. The van der Waals surface area contributed by atoms with Gasteiger partial charge in [-0.3, -0.25) is 9.59 Å². The quantitative estimate of drug-likeness (QED) is 0.123. The van der Waals surface area contributed by atoms with Crippen molar-refractivity contribution in [2.24, 2.45) is 43.7 Å². The molecule has 0 aliphatic carbocycles. The summed E-state index contributed by atoms with van der Waals surface area (Å²) in [6.07, 6.45) is 6.13. The van der Waals surface area contributed by atoms with Gasteiger partial charge in [0, 0.05) is 7.05 Å². The number of nitrogens with zero attached hydrogens (tertiary/aromatic N) is 6. The molecular weight excluding hydrogens is 592 g/mol. The van der Waals surface area contributed by atoms with Crippen LogP contribution in [0.4, 0.5) is 17.2 Å². The molecule has 2 heterocycles. The van der Waals surface area contributed by atoms with Crippen molar-refractivity contribution >= 4 is 29.1 Å². The number of esters is 2. The van der Waals surface area contributed by atoms with Crippen LogP contribution in [-0.4, -0.2) is 49.2 Å². The summed E-state index contributed by atoms with van der Waals surface area (Å²) in [7, 11) is 3.35. The first-order valence-corrected chi connectivity index (χ1v) is 16.6. The minimum absolute atomic E-state index is 0.0471. The van der Waals surface area contributed by atoms with Crippen LogP contribution < -0.4 is 4.90 Å². The Balaban J connectivity index is 2.15. The van der Waals surface area contributed by atoms with E-state index in [-0.39, 0.29) is 41.2 Å².